The van der Waals surface area contributed by atoms with Crippen molar-refractivity contribution in [2.75, 3.05) is 0 Å². The maximum absolute atomic E-state index is 11.5. The van der Waals surface area contributed by atoms with Gasteiger partial charge < -0.3 is 14.9 Å². The van der Waals surface area contributed by atoms with Gasteiger partial charge in [0.15, 0.2) is 5.76 Å². The average Bonchev–Trinajstić information content (AvgIpc) is 3.13. The Balaban J connectivity index is 2.09. The van der Waals surface area contributed by atoms with Crippen LogP contribution >= 0.6 is 0 Å². The van der Waals surface area contributed by atoms with Crippen LogP contribution in [0.15, 0.2) is 22.7 Å². The topological polar surface area (TPSA) is 87.1 Å². The number of hydrogen-bond acceptors (Lipinski definition) is 3. The van der Waals surface area contributed by atoms with E-state index in [1.807, 2.05) is 0 Å². The van der Waals surface area contributed by atoms with E-state index in [9.17, 15) is 14.7 Å². The fourth-order valence-electron chi connectivity index (χ4n) is 4.74. The van der Waals surface area contributed by atoms with Gasteiger partial charge in [0.25, 0.3) is 5.76 Å². The molecular weight excluding hydrogens is 284 g/mol. The van der Waals surface area contributed by atoms with Gasteiger partial charge in [0, 0.05) is 11.1 Å². The summed E-state index contributed by atoms with van der Waals surface area (Å²) in [6.07, 6.45) is 3.11. The Kier molecular flexibility index (Phi) is 3.00. The first-order valence-corrected chi connectivity index (χ1v) is 7.71. The van der Waals surface area contributed by atoms with Gasteiger partial charge in [-0.15, -0.1) is 0 Å². The van der Waals surface area contributed by atoms with E-state index in [1.165, 1.54) is 0 Å². The van der Waals surface area contributed by atoms with Crippen LogP contribution in [0.3, 0.4) is 0 Å². The van der Waals surface area contributed by atoms with Crippen molar-refractivity contribution in [3.8, 4) is 0 Å². The van der Waals surface area contributed by atoms with E-state index < -0.39 is 11.9 Å². The van der Waals surface area contributed by atoms with Gasteiger partial charge in [0.2, 0.25) is 0 Å². The third kappa shape index (κ3) is 1.77. The first-order chi connectivity index (χ1) is 10.1. The lowest BCUT2D eigenvalue weighted by Crippen LogP contribution is -2.33. The maximum atomic E-state index is 11.5. The van der Waals surface area contributed by atoms with Crippen LogP contribution in [0.4, 0.5) is 0 Å². The highest BCUT2D eigenvalue weighted by Crippen LogP contribution is 2.70. The lowest BCUT2D eigenvalue weighted by molar-refractivity contribution is -0.134. The Morgan fingerprint density at radius 3 is 2.18 bits per heavy atom. The summed E-state index contributed by atoms with van der Waals surface area (Å²) in [4.78, 5) is 22.6. The van der Waals surface area contributed by atoms with E-state index in [1.54, 1.807) is 6.92 Å². The second-order valence-electron chi connectivity index (χ2n) is 7.57. The molecule has 0 spiro atoms. The molecule has 22 heavy (non-hydrogen) atoms. The normalized spacial score (nSPS) is 36.0. The van der Waals surface area contributed by atoms with Gasteiger partial charge in [-0.05, 0) is 48.9 Å². The first kappa shape index (κ1) is 15.1. The minimum atomic E-state index is -1.13. The zero-order valence-electron chi connectivity index (χ0n) is 13.4. The van der Waals surface area contributed by atoms with Crippen LogP contribution < -0.4 is 0 Å². The SMILES string of the molecule is CC(C(=O)O)=C(C1=C(C(=O)O)O1)C1CC2CCC1(C)C2(C)C. The predicted octanol–water partition coefficient (Wildman–Crippen LogP) is 3.18. The number of ether oxygens (including phenoxy) is 1. The second-order valence-corrected chi connectivity index (χ2v) is 7.57. The van der Waals surface area contributed by atoms with Crippen molar-refractivity contribution in [3.63, 3.8) is 0 Å². The number of rotatable bonds is 4. The molecular formula is C17H22O5. The zero-order valence-corrected chi connectivity index (χ0v) is 13.4. The van der Waals surface area contributed by atoms with E-state index in [-0.39, 0.29) is 33.8 Å². The molecule has 0 amide bonds. The summed E-state index contributed by atoms with van der Waals surface area (Å²) >= 11 is 0. The fourth-order valence-corrected chi connectivity index (χ4v) is 4.74. The van der Waals surface area contributed by atoms with Crippen molar-refractivity contribution in [2.45, 2.75) is 47.0 Å². The molecule has 1 aliphatic heterocycles. The van der Waals surface area contributed by atoms with Gasteiger partial charge in [-0.3, -0.25) is 0 Å². The number of carboxylic acids is 2. The maximum Gasteiger partial charge on any atom is 0.375 e. The van der Waals surface area contributed by atoms with E-state index in [4.69, 9.17) is 9.84 Å². The Hall–Kier alpha value is -1.78. The molecule has 3 aliphatic rings. The largest absolute Gasteiger partial charge is 0.478 e. The van der Waals surface area contributed by atoms with Crippen LogP contribution in [0.2, 0.25) is 0 Å². The lowest BCUT2D eigenvalue weighted by atomic mass is 9.64. The van der Waals surface area contributed by atoms with Crippen LogP contribution in [-0.4, -0.2) is 22.2 Å². The molecule has 5 heteroatoms. The Bertz CT molecular complexity index is 639. The first-order valence-electron chi connectivity index (χ1n) is 7.71. The minimum Gasteiger partial charge on any atom is -0.478 e. The van der Waals surface area contributed by atoms with Gasteiger partial charge in [-0.25, -0.2) is 9.59 Å². The van der Waals surface area contributed by atoms with Gasteiger partial charge >= 0.3 is 11.9 Å². The van der Waals surface area contributed by atoms with E-state index in [2.05, 4.69) is 20.8 Å². The van der Waals surface area contributed by atoms with E-state index in [0.717, 1.165) is 19.3 Å². The number of carbonyl (C=O) groups is 2. The number of aliphatic carboxylic acids is 2. The number of allylic oxidation sites excluding steroid dienone is 1. The average molecular weight is 306 g/mol. The molecule has 2 N–H and O–H groups in total. The van der Waals surface area contributed by atoms with Crippen molar-refractivity contribution < 1.29 is 24.5 Å². The molecule has 3 unspecified atom stereocenters. The summed E-state index contributed by atoms with van der Waals surface area (Å²) in [5, 5.41) is 18.5. The van der Waals surface area contributed by atoms with Crippen molar-refractivity contribution in [3.05, 3.63) is 22.7 Å². The van der Waals surface area contributed by atoms with Crippen LogP contribution in [0.5, 0.6) is 0 Å². The van der Waals surface area contributed by atoms with Gasteiger partial charge in [0.05, 0.1) is 0 Å². The molecule has 0 radical (unpaired) electrons. The summed E-state index contributed by atoms with van der Waals surface area (Å²) in [7, 11) is 0. The molecule has 120 valence electrons. The molecule has 2 fully saturated rings. The van der Waals surface area contributed by atoms with Crippen molar-refractivity contribution in [2.24, 2.45) is 22.7 Å². The molecule has 1 heterocycles. The van der Waals surface area contributed by atoms with Gasteiger partial charge in [-0.1, -0.05) is 20.8 Å². The quantitative estimate of drug-likeness (QED) is 0.779. The number of hydrogen-bond donors (Lipinski definition) is 2. The van der Waals surface area contributed by atoms with Crippen molar-refractivity contribution in [1.82, 2.24) is 0 Å². The smallest absolute Gasteiger partial charge is 0.375 e. The molecule has 0 aromatic carbocycles. The zero-order chi connectivity index (χ0) is 16.4. The molecule has 0 saturated heterocycles. The highest BCUT2D eigenvalue weighted by Gasteiger charge is 2.63. The van der Waals surface area contributed by atoms with E-state index >= 15 is 0 Å². The Morgan fingerprint density at radius 2 is 1.82 bits per heavy atom. The van der Waals surface area contributed by atoms with E-state index in [0.29, 0.717) is 11.5 Å². The summed E-state index contributed by atoms with van der Waals surface area (Å²) < 4.78 is 5.16. The monoisotopic (exact) mass is 306 g/mol. The molecule has 3 rings (SSSR count). The molecule has 2 saturated carbocycles. The predicted molar refractivity (Wildman–Crippen MR) is 78.8 cm³/mol. The highest BCUT2D eigenvalue weighted by atomic mass is 16.6. The third-order valence-corrected chi connectivity index (χ3v) is 6.67. The standard InChI is InChI=1S/C17H22O5/c1-8(14(18)19)11(12-13(22-12)15(20)21)10-7-9-5-6-17(10,4)16(9,2)3/h9-10H,5-7H2,1-4H3,(H,18,19)(H,20,21). The molecule has 0 aromatic heterocycles. The van der Waals surface area contributed by atoms with Gasteiger partial charge in [0.1, 0.15) is 0 Å². The molecule has 2 aliphatic carbocycles. The van der Waals surface area contributed by atoms with Gasteiger partial charge in [-0.2, -0.15) is 0 Å². The summed E-state index contributed by atoms with van der Waals surface area (Å²) in [5.74, 6) is -1.36. The summed E-state index contributed by atoms with van der Waals surface area (Å²) in [6.45, 7) is 8.26. The Labute approximate surface area is 129 Å². The van der Waals surface area contributed by atoms with Crippen LogP contribution in [0.25, 0.3) is 0 Å². The highest BCUT2D eigenvalue weighted by molar-refractivity contribution is 5.93. The molecule has 2 bridgehead atoms. The summed E-state index contributed by atoms with van der Waals surface area (Å²) in [5.41, 5.74) is 0.913. The van der Waals surface area contributed by atoms with Crippen LogP contribution in [0.1, 0.15) is 47.0 Å². The fraction of sp³-hybridized carbons (Fsp3) is 0.647. The van der Waals surface area contributed by atoms with Crippen molar-refractivity contribution in [1.29, 1.82) is 0 Å². The number of carboxylic acid groups (broad SMARTS) is 2. The second kappa shape index (κ2) is 4.37. The lowest BCUT2D eigenvalue weighted by Gasteiger charge is -2.40. The molecule has 5 nitrogen and oxygen atoms in total. The van der Waals surface area contributed by atoms with Crippen molar-refractivity contribution >= 4 is 11.9 Å². The minimum absolute atomic E-state index is 0.0216. The third-order valence-electron chi connectivity index (χ3n) is 6.67. The molecule has 3 atom stereocenters. The molecule has 0 aromatic rings. The Morgan fingerprint density at radius 1 is 1.18 bits per heavy atom. The number of fused-ring (bicyclic) bond motifs is 2. The van der Waals surface area contributed by atoms with Crippen LogP contribution in [0, 0.1) is 22.7 Å². The summed E-state index contributed by atoms with van der Waals surface area (Å²) in [6, 6.07) is 0. The van der Waals surface area contributed by atoms with Crippen LogP contribution in [-0.2, 0) is 14.3 Å².